The van der Waals surface area contributed by atoms with E-state index in [4.69, 9.17) is 18.9 Å². The van der Waals surface area contributed by atoms with Gasteiger partial charge in [0.2, 0.25) is 0 Å². The molecule has 50 heavy (non-hydrogen) atoms. The number of nitrogens with zero attached hydrogens (tertiary/aromatic N) is 1. The Bertz CT molecular complexity index is 1180. The standard InChI is InChI=1S/C17H29NO2SSi.C11H19BrOSSi.C5H11N.CH2O3.CH4.2Na.H/c1-17(2,3)22(4,5)20-12-15-11-14(13-21-15)16(19)18-9-7-6-8-10-18;1-11(2,3)15(4,5)13-7-10-6-9(12)8-14-10;1-2-4-6-5-3-1;2-1-4-3;;;;/h11,13H,6-10,12H2,1-5H3;6,8H,7H2,1-5H3;6H,1-5H2;1,3H;1H4;;;/q;;;;;2*+1;-1/p-1. The van der Waals surface area contributed by atoms with Crippen molar-refractivity contribution < 1.29 is 89.1 Å². The molecule has 0 unspecified atom stereocenters. The minimum absolute atomic E-state index is 0. The van der Waals surface area contributed by atoms with E-state index in [0.29, 0.717) is 11.6 Å². The molecule has 0 aromatic carbocycles. The second kappa shape index (κ2) is 27.6. The maximum Gasteiger partial charge on any atom is 1.00 e. The van der Waals surface area contributed by atoms with E-state index in [-0.39, 0.29) is 85.4 Å². The number of hydrogen-bond donors (Lipinski definition) is 1. The van der Waals surface area contributed by atoms with Gasteiger partial charge in [-0.15, -0.1) is 22.7 Å². The second-order valence-corrected chi connectivity index (χ2v) is 27.5. The van der Waals surface area contributed by atoms with Crippen LogP contribution in [0.15, 0.2) is 27.4 Å². The Morgan fingerprint density at radius 3 is 1.62 bits per heavy atom. The van der Waals surface area contributed by atoms with Crippen LogP contribution in [0.5, 0.6) is 0 Å². The Balaban J connectivity index is -0.000000331. The van der Waals surface area contributed by atoms with Crippen LogP contribution in [0.25, 0.3) is 0 Å². The van der Waals surface area contributed by atoms with Crippen molar-refractivity contribution in [3.8, 4) is 0 Å². The number of carbonyl (C=O) groups is 2. The Labute approximate surface area is 369 Å². The van der Waals surface area contributed by atoms with Crippen molar-refractivity contribution in [1.29, 1.82) is 0 Å². The van der Waals surface area contributed by atoms with Gasteiger partial charge in [0.1, 0.15) is 0 Å². The van der Waals surface area contributed by atoms with Crippen LogP contribution < -0.4 is 69.7 Å². The van der Waals surface area contributed by atoms with Gasteiger partial charge in [0.25, 0.3) is 12.4 Å². The molecule has 2 aliphatic rings. The zero-order valence-corrected chi connectivity index (χ0v) is 41.7. The fourth-order valence-corrected chi connectivity index (χ4v) is 8.25. The molecule has 2 aliphatic heterocycles. The van der Waals surface area contributed by atoms with Crippen LogP contribution >= 0.6 is 38.6 Å². The van der Waals surface area contributed by atoms with Gasteiger partial charge in [0.15, 0.2) is 16.6 Å². The van der Waals surface area contributed by atoms with Gasteiger partial charge in [-0.05, 0) is 110 Å². The molecule has 1 amide bonds. The Morgan fingerprint density at radius 1 is 0.860 bits per heavy atom. The quantitative estimate of drug-likeness (QED) is 0.187. The normalized spacial score (nSPS) is 14.7. The number of rotatable bonds is 8. The smallest absolute Gasteiger partial charge is 1.00 e. The summed E-state index contributed by atoms with van der Waals surface area (Å²) in [6, 6.07) is 4.16. The Hall–Kier alpha value is 1.09. The molecule has 4 heterocycles. The summed E-state index contributed by atoms with van der Waals surface area (Å²) in [5.41, 5.74) is 0.834. The first-order valence-electron chi connectivity index (χ1n) is 16.6. The van der Waals surface area contributed by atoms with Gasteiger partial charge in [-0.1, -0.05) is 55.4 Å². The van der Waals surface area contributed by atoms with Crippen molar-refractivity contribution in [2.75, 3.05) is 26.2 Å². The van der Waals surface area contributed by atoms with Crippen molar-refractivity contribution in [3.63, 3.8) is 0 Å². The summed E-state index contributed by atoms with van der Waals surface area (Å²) in [5.74, 6) is 0.189. The first-order chi connectivity index (χ1) is 21.8. The molecule has 2 saturated heterocycles. The van der Waals surface area contributed by atoms with Crippen molar-refractivity contribution >= 4 is 67.6 Å². The molecule has 2 aromatic heterocycles. The largest absolute Gasteiger partial charge is 1.00 e. The van der Waals surface area contributed by atoms with Crippen LogP contribution in [0, 0.1) is 0 Å². The molecule has 0 bridgehead atoms. The first kappa shape index (κ1) is 55.4. The van der Waals surface area contributed by atoms with Crippen molar-refractivity contribution in [1.82, 2.24) is 10.2 Å². The molecule has 15 heteroatoms. The van der Waals surface area contributed by atoms with Gasteiger partial charge < -0.3 is 30.6 Å². The number of likely N-dealkylation sites (tertiary alicyclic amines) is 1. The zero-order valence-electron chi connectivity index (χ0n) is 33.5. The van der Waals surface area contributed by atoms with E-state index in [9.17, 15) is 4.79 Å². The summed E-state index contributed by atoms with van der Waals surface area (Å²) >= 11 is 6.85. The molecular weight excluding hydrogens is 791 g/mol. The third-order valence-corrected chi connectivity index (χ3v) is 20.7. The molecule has 0 atom stereocenters. The molecule has 2 aromatic rings. The van der Waals surface area contributed by atoms with E-state index >= 15 is 0 Å². The predicted octanol–water partition coefficient (Wildman–Crippen LogP) is 3.88. The summed E-state index contributed by atoms with van der Waals surface area (Å²) in [4.78, 5) is 28.2. The maximum absolute atomic E-state index is 12.5. The van der Waals surface area contributed by atoms with Crippen molar-refractivity contribution in [3.05, 3.63) is 42.7 Å². The number of amides is 1. The number of thiophene rings is 2. The fourth-order valence-electron chi connectivity index (χ4n) is 4.02. The second-order valence-electron chi connectivity index (χ2n) is 15.0. The van der Waals surface area contributed by atoms with E-state index in [1.165, 1.54) is 43.6 Å². The van der Waals surface area contributed by atoms with E-state index in [2.05, 4.69) is 105 Å². The topological polar surface area (TPSA) is 100 Å². The van der Waals surface area contributed by atoms with Gasteiger partial charge in [0, 0.05) is 38.1 Å². The molecule has 0 radical (unpaired) electrons. The average Bonchev–Trinajstić information content (AvgIpc) is 3.68. The Morgan fingerprint density at radius 2 is 1.28 bits per heavy atom. The number of carbonyl (C=O) groups excluding carboxylic acids is 2. The van der Waals surface area contributed by atoms with E-state index in [1.54, 1.807) is 22.7 Å². The van der Waals surface area contributed by atoms with Gasteiger partial charge in [-0.2, -0.15) is 0 Å². The molecule has 0 aliphatic carbocycles. The zero-order chi connectivity index (χ0) is 35.7. The monoisotopic (exact) mass is 854 g/mol. The van der Waals surface area contributed by atoms with E-state index < -0.39 is 16.6 Å². The molecular formula is C35H65BrN2Na2O6S2Si2. The summed E-state index contributed by atoms with van der Waals surface area (Å²) in [5, 5.41) is 16.3. The fraction of sp³-hybridized carbons (Fsp3) is 0.714. The van der Waals surface area contributed by atoms with Crippen molar-refractivity contribution in [2.24, 2.45) is 0 Å². The minimum Gasteiger partial charge on any atom is -1.00 e. The number of nitrogens with one attached hydrogen (secondary N) is 1. The third-order valence-electron chi connectivity index (χ3n) is 9.18. The first-order valence-corrected chi connectivity index (χ1v) is 25.0. The van der Waals surface area contributed by atoms with E-state index in [1.807, 2.05) is 16.3 Å². The molecule has 1 N–H and O–H groups in total. The SMILES string of the molecule is C.C1CCNCC1.CC(C)(C)[Si](C)(C)OCc1cc(Br)cs1.CC(C)(C)[Si](C)(C)OCc1cc(C(=O)N2CCCCC2)cs1.O=CO[O-].[H-].[Na+].[Na+]. The van der Waals surface area contributed by atoms with Gasteiger partial charge in [0.05, 0.1) is 18.8 Å². The maximum atomic E-state index is 12.5. The van der Waals surface area contributed by atoms with E-state index in [0.717, 1.165) is 47.5 Å². The van der Waals surface area contributed by atoms with Crippen LogP contribution in [-0.2, 0) is 31.7 Å². The number of halogens is 1. The molecule has 4 rings (SSSR count). The van der Waals surface area contributed by atoms with Crippen LogP contribution in [0.2, 0.25) is 36.3 Å². The number of piperidine rings is 2. The summed E-state index contributed by atoms with van der Waals surface area (Å²) in [6.45, 7) is 28.2. The van der Waals surface area contributed by atoms with Crippen LogP contribution in [0.4, 0.5) is 0 Å². The summed E-state index contributed by atoms with van der Waals surface area (Å²) < 4.78 is 13.5. The van der Waals surface area contributed by atoms with Crippen LogP contribution in [0.3, 0.4) is 0 Å². The molecule has 280 valence electrons. The summed E-state index contributed by atoms with van der Waals surface area (Å²) in [6.07, 6.45) is 7.74. The molecule has 0 spiro atoms. The number of hydrogen-bond acceptors (Lipinski definition) is 9. The third kappa shape index (κ3) is 21.8. The van der Waals surface area contributed by atoms with Crippen LogP contribution in [0.1, 0.15) is 109 Å². The average molecular weight is 856 g/mol. The molecule has 0 saturated carbocycles. The van der Waals surface area contributed by atoms with Gasteiger partial charge in [-0.25, -0.2) is 0 Å². The Kier molecular flexibility index (Phi) is 30.6. The van der Waals surface area contributed by atoms with Crippen molar-refractivity contribution in [2.45, 2.75) is 137 Å². The van der Waals surface area contributed by atoms with Crippen LogP contribution in [-0.4, -0.2) is 60.1 Å². The minimum atomic E-state index is -1.73. The summed E-state index contributed by atoms with van der Waals surface area (Å²) in [7, 11) is -3.31. The molecule has 2 fully saturated rings. The van der Waals surface area contributed by atoms with Gasteiger partial charge >= 0.3 is 59.1 Å². The van der Waals surface area contributed by atoms with Gasteiger partial charge in [-0.3, -0.25) is 9.59 Å². The predicted molar refractivity (Wildman–Crippen MR) is 212 cm³/mol. The molecule has 8 nitrogen and oxygen atoms in total.